The first kappa shape index (κ1) is 13.6. The minimum absolute atomic E-state index is 0.123. The van der Waals surface area contributed by atoms with Crippen LogP contribution in [0, 0.1) is 5.92 Å². The van der Waals surface area contributed by atoms with E-state index in [2.05, 4.69) is 20.3 Å². The Balaban J connectivity index is 1.65. The summed E-state index contributed by atoms with van der Waals surface area (Å²) in [6, 6.07) is 7.78. The maximum absolute atomic E-state index is 9.39. The number of aromatic nitrogens is 3. The number of nitrogens with one attached hydrogen (secondary N) is 1. The molecule has 1 aliphatic carbocycles. The van der Waals surface area contributed by atoms with Crippen molar-refractivity contribution in [3.8, 4) is 11.5 Å². The van der Waals surface area contributed by atoms with Crippen molar-refractivity contribution < 1.29 is 5.11 Å². The molecule has 3 aromatic heterocycles. The first-order valence-corrected chi connectivity index (χ1v) is 8.26. The van der Waals surface area contributed by atoms with E-state index in [0.717, 1.165) is 41.1 Å². The van der Waals surface area contributed by atoms with Gasteiger partial charge in [0.15, 0.2) is 5.82 Å². The highest BCUT2D eigenvalue weighted by molar-refractivity contribution is 7.16. The van der Waals surface area contributed by atoms with Crippen molar-refractivity contribution in [1.82, 2.24) is 15.0 Å². The Bertz CT molecular complexity index is 783. The molecular formula is C16H16N4OS. The molecule has 1 fully saturated rings. The van der Waals surface area contributed by atoms with Crippen LogP contribution in [0.15, 0.2) is 35.8 Å². The van der Waals surface area contributed by atoms with Crippen LogP contribution in [0.4, 0.5) is 5.82 Å². The normalized spacial score (nSPS) is 20.8. The molecule has 1 saturated carbocycles. The molecule has 0 aliphatic heterocycles. The molecule has 3 aromatic rings. The van der Waals surface area contributed by atoms with Crippen LogP contribution >= 0.6 is 11.3 Å². The fourth-order valence-electron chi connectivity index (χ4n) is 2.71. The van der Waals surface area contributed by atoms with E-state index in [4.69, 9.17) is 0 Å². The number of aliphatic hydroxyl groups is 1. The molecule has 1 aliphatic rings. The summed E-state index contributed by atoms with van der Waals surface area (Å²) in [5, 5.41) is 15.9. The molecule has 0 atom stereocenters. The van der Waals surface area contributed by atoms with E-state index in [1.54, 1.807) is 17.5 Å². The van der Waals surface area contributed by atoms with Gasteiger partial charge in [-0.1, -0.05) is 6.07 Å². The van der Waals surface area contributed by atoms with Gasteiger partial charge in [-0.3, -0.25) is 4.98 Å². The predicted octanol–water partition coefficient (Wildman–Crippen LogP) is 2.94. The number of hydrogen-bond acceptors (Lipinski definition) is 6. The van der Waals surface area contributed by atoms with Crippen LogP contribution in [0.25, 0.3) is 21.7 Å². The van der Waals surface area contributed by atoms with Crippen molar-refractivity contribution in [3.63, 3.8) is 0 Å². The van der Waals surface area contributed by atoms with Gasteiger partial charge in [0.05, 0.1) is 11.5 Å². The minimum atomic E-state index is -0.123. The average molecular weight is 312 g/mol. The molecule has 4 rings (SSSR count). The number of pyridine rings is 1. The van der Waals surface area contributed by atoms with Crippen LogP contribution in [-0.2, 0) is 0 Å². The highest BCUT2D eigenvalue weighted by Crippen LogP contribution is 2.30. The van der Waals surface area contributed by atoms with Gasteiger partial charge in [-0.25, -0.2) is 9.97 Å². The fourth-order valence-corrected chi connectivity index (χ4v) is 3.47. The summed E-state index contributed by atoms with van der Waals surface area (Å²) >= 11 is 1.61. The molecule has 5 nitrogen and oxygen atoms in total. The lowest BCUT2D eigenvalue weighted by molar-refractivity contribution is 0.0486. The molecular weight excluding hydrogens is 296 g/mol. The summed E-state index contributed by atoms with van der Waals surface area (Å²) in [6.07, 6.45) is 3.37. The molecule has 0 spiro atoms. The first-order chi connectivity index (χ1) is 10.8. The summed E-state index contributed by atoms with van der Waals surface area (Å²) in [5.74, 6) is 2.02. The maximum atomic E-state index is 9.39. The summed E-state index contributed by atoms with van der Waals surface area (Å²) in [6.45, 7) is 0.834. The number of anilines is 1. The number of hydrogen-bond donors (Lipinski definition) is 2. The number of fused-ring (bicyclic) bond motifs is 1. The van der Waals surface area contributed by atoms with Crippen LogP contribution in [-0.4, -0.2) is 32.7 Å². The van der Waals surface area contributed by atoms with Crippen LogP contribution < -0.4 is 5.32 Å². The molecule has 6 heteroatoms. The molecule has 0 aromatic carbocycles. The Kier molecular flexibility index (Phi) is 3.48. The molecule has 0 saturated heterocycles. The SMILES string of the molecule is OC1CC(CNc2nc(-c3ccccn3)nc3sccc23)C1. The Morgan fingerprint density at radius 1 is 1.23 bits per heavy atom. The predicted molar refractivity (Wildman–Crippen MR) is 87.9 cm³/mol. The van der Waals surface area contributed by atoms with Gasteiger partial charge in [0.1, 0.15) is 16.3 Å². The zero-order chi connectivity index (χ0) is 14.9. The minimum Gasteiger partial charge on any atom is -0.393 e. The lowest BCUT2D eigenvalue weighted by Crippen LogP contribution is -2.33. The van der Waals surface area contributed by atoms with Crippen LogP contribution in [0.2, 0.25) is 0 Å². The van der Waals surface area contributed by atoms with Gasteiger partial charge >= 0.3 is 0 Å². The molecule has 0 unspecified atom stereocenters. The van der Waals surface area contributed by atoms with Crippen molar-refractivity contribution in [2.45, 2.75) is 18.9 Å². The van der Waals surface area contributed by atoms with Gasteiger partial charge in [-0.15, -0.1) is 11.3 Å². The number of aliphatic hydroxyl groups excluding tert-OH is 1. The van der Waals surface area contributed by atoms with E-state index in [9.17, 15) is 5.11 Å². The van der Waals surface area contributed by atoms with E-state index in [1.165, 1.54) is 0 Å². The Hall–Kier alpha value is -2.05. The number of thiophene rings is 1. The fraction of sp³-hybridized carbons (Fsp3) is 0.312. The lowest BCUT2D eigenvalue weighted by atomic mass is 9.82. The lowest BCUT2D eigenvalue weighted by Gasteiger charge is -2.31. The second-order valence-corrected chi connectivity index (χ2v) is 6.52. The monoisotopic (exact) mass is 312 g/mol. The topological polar surface area (TPSA) is 70.9 Å². The third-order valence-electron chi connectivity index (χ3n) is 3.99. The third kappa shape index (κ3) is 2.55. The zero-order valence-electron chi connectivity index (χ0n) is 11.9. The highest BCUT2D eigenvalue weighted by atomic mass is 32.1. The van der Waals surface area contributed by atoms with Crippen molar-refractivity contribution in [2.24, 2.45) is 5.92 Å². The molecule has 22 heavy (non-hydrogen) atoms. The quantitative estimate of drug-likeness (QED) is 0.775. The van der Waals surface area contributed by atoms with Crippen molar-refractivity contribution >= 4 is 27.4 Å². The van der Waals surface area contributed by atoms with E-state index < -0.39 is 0 Å². The molecule has 0 bridgehead atoms. The second-order valence-electron chi connectivity index (χ2n) is 5.62. The molecule has 3 heterocycles. The summed E-state index contributed by atoms with van der Waals surface area (Å²) in [7, 11) is 0. The van der Waals surface area contributed by atoms with Crippen molar-refractivity contribution in [2.75, 3.05) is 11.9 Å². The van der Waals surface area contributed by atoms with E-state index in [1.807, 2.05) is 29.6 Å². The summed E-state index contributed by atoms with van der Waals surface area (Å²) in [5.41, 5.74) is 0.778. The van der Waals surface area contributed by atoms with Gasteiger partial charge < -0.3 is 10.4 Å². The van der Waals surface area contributed by atoms with Crippen LogP contribution in [0.1, 0.15) is 12.8 Å². The van der Waals surface area contributed by atoms with Gasteiger partial charge in [-0.05, 0) is 42.3 Å². The van der Waals surface area contributed by atoms with E-state index in [-0.39, 0.29) is 6.10 Å². The Morgan fingerprint density at radius 2 is 2.14 bits per heavy atom. The van der Waals surface area contributed by atoms with Crippen molar-refractivity contribution in [3.05, 3.63) is 35.8 Å². The van der Waals surface area contributed by atoms with E-state index in [0.29, 0.717) is 11.7 Å². The van der Waals surface area contributed by atoms with Crippen LogP contribution in [0.3, 0.4) is 0 Å². The van der Waals surface area contributed by atoms with Crippen molar-refractivity contribution in [1.29, 1.82) is 0 Å². The van der Waals surface area contributed by atoms with Crippen LogP contribution in [0.5, 0.6) is 0 Å². The molecule has 112 valence electrons. The first-order valence-electron chi connectivity index (χ1n) is 7.38. The largest absolute Gasteiger partial charge is 0.393 e. The Morgan fingerprint density at radius 3 is 2.91 bits per heavy atom. The number of rotatable bonds is 4. The average Bonchev–Trinajstić information content (AvgIpc) is 2.99. The summed E-state index contributed by atoms with van der Waals surface area (Å²) in [4.78, 5) is 14.6. The number of nitrogens with zero attached hydrogens (tertiary/aromatic N) is 3. The summed E-state index contributed by atoms with van der Waals surface area (Å²) < 4.78 is 0. The second kappa shape index (κ2) is 5.62. The molecule has 0 amide bonds. The third-order valence-corrected chi connectivity index (χ3v) is 4.79. The zero-order valence-corrected chi connectivity index (χ0v) is 12.8. The van der Waals surface area contributed by atoms with Gasteiger partial charge in [0, 0.05) is 12.7 Å². The van der Waals surface area contributed by atoms with Gasteiger partial charge in [-0.2, -0.15) is 0 Å². The van der Waals surface area contributed by atoms with E-state index >= 15 is 0 Å². The molecule has 0 radical (unpaired) electrons. The van der Waals surface area contributed by atoms with Gasteiger partial charge in [0.2, 0.25) is 0 Å². The molecule has 2 N–H and O–H groups in total. The highest BCUT2D eigenvalue weighted by Gasteiger charge is 2.27. The Labute approximate surface area is 132 Å². The smallest absolute Gasteiger partial charge is 0.181 e. The van der Waals surface area contributed by atoms with Gasteiger partial charge in [0.25, 0.3) is 0 Å². The maximum Gasteiger partial charge on any atom is 0.181 e. The standard InChI is InChI=1S/C16H16N4OS/c21-11-7-10(8-11)9-18-14-12-4-6-22-16(12)20-15(19-14)13-3-1-2-5-17-13/h1-6,10-11,21H,7-9H2,(H,18,19,20).